The summed E-state index contributed by atoms with van der Waals surface area (Å²) in [6, 6.07) is 0. The lowest BCUT2D eigenvalue weighted by molar-refractivity contribution is -0.142. The third kappa shape index (κ3) is 3.99. The van der Waals surface area contributed by atoms with Gasteiger partial charge in [-0.2, -0.15) is 13.2 Å². The number of aromatic nitrogens is 2. The number of carbonyl (C=O) groups is 1. The Morgan fingerprint density at radius 1 is 1.40 bits per heavy atom. The van der Waals surface area contributed by atoms with Crippen LogP contribution in [0.25, 0.3) is 0 Å². The third-order valence-corrected chi connectivity index (χ3v) is 5.13. The predicted molar refractivity (Wildman–Crippen MR) is 84.9 cm³/mol. The summed E-state index contributed by atoms with van der Waals surface area (Å²) in [5.41, 5.74) is -0.836. The molecule has 1 fully saturated rings. The lowest BCUT2D eigenvalue weighted by Gasteiger charge is -2.29. The van der Waals surface area contributed by atoms with E-state index in [1.165, 1.54) is 0 Å². The zero-order valence-electron chi connectivity index (χ0n) is 14.6. The van der Waals surface area contributed by atoms with Gasteiger partial charge in [0, 0.05) is 32.8 Å². The maximum Gasteiger partial charge on any atom is 0.434 e. The van der Waals surface area contributed by atoms with Gasteiger partial charge in [0.05, 0.1) is 6.10 Å². The molecular weight excluding hydrogens is 335 g/mol. The number of rotatable bonds is 4. The molecule has 8 heteroatoms. The fourth-order valence-corrected chi connectivity index (χ4v) is 3.71. The highest BCUT2D eigenvalue weighted by molar-refractivity contribution is 5.81. The molecule has 1 aromatic heterocycles. The predicted octanol–water partition coefficient (Wildman–Crippen LogP) is 2.88. The molecule has 0 spiro atoms. The van der Waals surface area contributed by atoms with Crippen LogP contribution in [0, 0.1) is 5.92 Å². The molecule has 1 amide bonds. The molecular formula is C17H24F3N3O2. The van der Waals surface area contributed by atoms with Crippen LogP contribution < -0.4 is 0 Å². The number of hydrogen-bond donors (Lipinski definition) is 0. The van der Waals surface area contributed by atoms with E-state index >= 15 is 0 Å². The Bertz CT molecular complexity index is 629. The maximum absolute atomic E-state index is 12.8. The zero-order valence-corrected chi connectivity index (χ0v) is 14.6. The molecule has 2 aliphatic rings. The van der Waals surface area contributed by atoms with E-state index in [1.807, 2.05) is 6.92 Å². The van der Waals surface area contributed by atoms with Crippen molar-refractivity contribution >= 4 is 5.91 Å². The van der Waals surface area contributed by atoms with Gasteiger partial charge in [-0.25, -0.2) is 4.98 Å². The molecule has 5 nitrogen and oxygen atoms in total. The molecule has 0 radical (unpaired) electrons. The van der Waals surface area contributed by atoms with E-state index in [-0.39, 0.29) is 24.0 Å². The quantitative estimate of drug-likeness (QED) is 0.831. The van der Waals surface area contributed by atoms with Crippen molar-refractivity contribution in [3.63, 3.8) is 0 Å². The largest absolute Gasteiger partial charge is 0.434 e. The van der Waals surface area contributed by atoms with E-state index < -0.39 is 11.9 Å². The first kappa shape index (κ1) is 18.2. The second-order valence-electron chi connectivity index (χ2n) is 7.05. The Morgan fingerprint density at radius 3 is 2.80 bits per heavy atom. The van der Waals surface area contributed by atoms with Crippen LogP contribution in [-0.4, -0.2) is 46.2 Å². The summed E-state index contributed by atoms with van der Waals surface area (Å²) in [6.07, 6.45) is 0.231. The Kier molecular flexibility index (Phi) is 5.09. The van der Waals surface area contributed by atoms with Crippen molar-refractivity contribution < 1.29 is 22.7 Å². The van der Waals surface area contributed by atoms with E-state index in [9.17, 15) is 18.0 Å². The van der Waals surface area contributed by atoms with Gasteiger partial charge in [-0.3, -0.25) is 4.79 Å². The van der Waals surface area contributed by atoms with Crippen molar-refractivity contribution in [1.29, 1.82) is 0 Å². The van der Waals surface area contributed by atoms with Gasteiger partial charge in [0.1, 0.15) is 11.9 Å². The number of carbonyl (C=O) groups excluding carboxylic acids is 1. The molecule has 3 rings (SSSR count). The minimum atomic E-state index is -4.41. The minimum Gasteiger partial charge on any atom is -0.365 e. The molecule has 3 unspecified atom stereocenters. The SMILES string of the molecule is CCC1CCC(C(=O)N(C)CC2CCc3nc(C(F)(F)F)cn3C2)O1. The monoisotopic (exact) mass is 359 g/mol. The molecule has 2 aliphatic heterocycles. The first-order valence-corrected chi connectivity index (χ1v) is 8.81. The van der Waals surface area contributed by atoms with E-state index in [1.54, 1.807) is 16.5 Å². The van der Waals surface area contributed by atoms with Gasteiger partial charge in [0.2, 0.25) is 0 Å². The molecule has 140 valence electrons. The number of ether oxygens (including phenoxy) is 1. The highest BCUT2D eigenvalue weighted by atomic mass is 19.4. The number of aryl methyl sites for hydroxylation is 1. The summed E-state index contributed by atoms with van der Waals surface area (Å²) in [4.78, 5) is 17.9. The van der Waals surface area contributed by atoms with Crippen LogP contribution in [0.2, 0.25) is 0 Å². The van der Waals surface area contributed by atoms with Crippen LogP contribution >= 0.6 is 0 Å². The molecule has 25 heavy (non-hydrogen) atoms. The zero-order chi connectivity index (χ0) is 18.2. The Balaban J connectivity index is 1.57. The van der Waals surface area contributed by atoms with Gasteiger partial charge in [-0.1, -0.05) is 6.92 Å². The number of imidazole rings is 1. The molecule has 0 N–H and O–H groups in total. The molecule has 3 heterocycles. The van der Waals surface area contributed by atoms with Gasteiger partial charge in [0.15, 0.2) is 5.69 Å². The van der Waals surface area contributed by atoms with E-state index in [0.717, 1.165) is 31.9 Å². The van der Waals surface area contributed by atoms with Crippen molar-refractivity contribution in [2.24, 2.45) is 5.92 Å². The fraction of sp³-hybridized carbons (Fsp3) is 0.765. The Labute approximate surface area is 145 Å². The average molecular weight is 359 g/mol. The van der Waals surface area contributed by atoms with Crippen molar-refractivity contribution in [2.45, 2.75) is 64.0 Å². The summed E-state index contributed by atoms with van der Waals surface area (Å²) in [7, 11) is 1.75. The first-order chi connectivity index (χ1) is 11.8. The number of alkyl halides is 3. The maximum atomic E-state index is 12.8. The smallest absolute Gasteiger partial charge is 0.365 e. The van der Waals surface area contributed by atoms with Crippen LogP contribution in [-0.2, 0) is 28.7 Å². The van der Waals surface area contributed by atoms with Gasteiger partial charge >= 0.3 is 6.18 Å². The number of hydrogen-bond acceptors (Lipinski definition) is 3. The normalized spacial score (nSPS) is 26.5. The summed E-state index contributed by atoms with van der Waals surface area (Å²) in [5.74, 6) is 0.575. The van der Waals surface area contributed by atoms with Crippen molar-refractivity contribution in [3.8, 4) is 0 Å². The lowest BCUT2D eigenvalue weighted by Crippen LogP contribution is -2.40. The van der Waals surface area contributed by atoms with Crippen LogP contribution in [0.15, 0.2) is 6.20 Å². The Hall–Kier alpha value is -1.57. The minimum absolute atomic E-state index is 0.0247. The van der Waals surface area contributed by atoms with E-state index in [0.29, 0.717) is 25.3 Å². The summed E-state index contributed by atoms with van der Waals surface area (Å²) >= 11 is 0. The van der Waals surface area contributed by atoms with Crippen molar-refractivity contribution in [1.82, 2.24) is 14.5 Å². The highest BCUT2D eigenvalue weighted by Crippen LogP contribution is 2.31. The Morgan fingerprint density at radius 2 is 2.16 bits per heavy atom. The summed E-state index contributed by atoms with van der Waals surface area (Å²) < 4.78 is 45.7. The van der Waals surface area contributed by atoms with Gasteiger partial charge < -0.3 is 14.2 Å². The van der Waals surface area contributed by atoms with Gasteiger partial charge in [0.25, 0.3) is 5.91 Å². The van der Waals surface area contributed by atoms with E-state index in [4.69, 9.17) is 4.74 Å². The van der Waals surface area contributed by atoms with Crippen LogP contribution in [0.5, 0.6) is 0 Å². The lowest BCUT2D eigenvalue weighted by atomic mass is 9.98. The number of nitrogens with zero attached hydrogens (tertiary/aromatic N) is 3. The second kappa shape index (κ2) is 6.97. The fourth-order valence-electron chi connectivity index (χ4n) is 3.71. The number of halogens is 3. The van der Waals surface area contributed by atoms with E-state index in [2.05, 4.69) is 4.98 Å². The molecule has 0 saturated carbocycles. The average Bonchev–Trinajstić information content (AvgIpc) is 3.19. The number of likely N-dealkylation sites (N-methyl/N-ethyl adjacent to an activating group) is 1. The number of fused-ring (bicyclic) bond motifs is 1. The summed E-state index contributed by atoms with van der Waals surface area (Å²) in [5, 5.41) is 0. The molecule has 1 aromatic rings. The summed E-state index contributed by atoms with van der Waals surface area (Å²) in [6.45, 7) is 3.02. The van der Waals surface area contributed by atoms with Gasteiger partial charge in [-0.15, -0.1) is 0 Å². The second-order valence-corrected chi connectivity index (χ2v) is 7.05. The van der Waals surface area contributed by atoms with Crippen molar-refractivity contribution in [3.05, 3.63) is 17.7 Å². The molecule has 1 saturated heterocycles. The van der Waals surface area contributed by atoms with Crippen LogP contribution in [0.1, 0.15) is 44.1 Å². The molecule has 0 aliphatic carbocycles. The van der Waals surface area contributed by atoms with Crippen molar-refractivity contribution in [2.75, 3.05) is 13.6 Å². The van der Waals surface area contributed by atoms with Crippen LogP contribution in [0.4, 0.5) is 13.2 Å². The highest BCUT2D eigenvalue weighted by Gasteiger charge is 2.36. The van der Waals surface area contributed by atoms with Crippen LogP contribution in [0.3, 0.4) is 0 Å². The molecule has 3 atom stereocenters. The topological polar surface area (TPSA) is 47.4 Å². The van der Waals surface area contributed by atoms with Gasteiger partial charge in [-0.05, 0) is 31.6 Å². The standard InChI is InChI=1S/C17H24F3N3O2/c1-3-12-5-6-13(25-12)16(24)22(2)8-11-4-7-15-21-14(17(18,19)20)10-23(15)9-11/h10-13H,3-9H2,1-2H3. The third-order valence-electron chi connectivity index (χ3n) is 5.13. The first-order valence-electron chi connectivity index (χ1n) is 8.81. The molecule has 0 aromatic carbocycles. The molecule has 0 bridgehead atoms. The number of amides is 1.